The Morgan fingerprint density at radius 3 is 2.64 bits per heavy atom. The van der Waals surface area contributed by atoms with Gasteiger partial charge in [0.1, 0.15) is 16.3 Å². The molecule has 0 aliphatic heterocycles. The fourth-order valence-corrected chi connectivity index (χ4v) is 4.73. The van der Waals surface area contributed by atoms with Gasteiger partial charge in [0.2, 0.25) is 10.0 Å². The number of H-pyrrole nitrogens is 1. The predicted octanol–water partition coefficient (Wildman–Crippen LogP) is 2.22. The molecule has 2 N–H and O–H groups in total. The summed E-state index contributed by atoms with van der Waals surface area (Å²) in [6.45, 7) is 5.38. The molecule has 0 unspecified atom stereocenters. The molecule has 0 spiro atoms. The number of nitrogens with zero attached hydrogens (tertiary/aromatic N) is 2. The Hall–Kier alpha value is -2.65. The third-order valence-electron chi connectivity index (χ3n) is 4.76. The summed E-state index contributed by atoms with van der Waals surface area (Å²) in [7, 11) is -2.18. The van der Waals surface area contributed by atoms with Crippen LogP contribution in [-0.2, 0) is 28.2 Å². The van der Waals surface area contributed by atoms with E-state index in [-0.39, 0.29) is 23.6 Å². The lowest BCUT2D eigenvalue weighted by atomic mass is 10.2. The van der Waals surface area contributed by atoms with Gasteiger partial charge in [-0.2, -0.15) is 0 Å². The van der Waals surface area contributed by atoms with Gasteiger partial charge in [0, 0.05) is 31.4 Å². The molecule has 0 bridgehead atoms. The van der Waals surface area contributed by atoms with Gasteiger partial charge >= 0.3 is 5.97 Å². The SMILES string of the molecule is CCOC(=O)c1c(S(=O)(=O)NCCc2nc3ccccc3[nH]2)c(C)n(C)c1C. The van der Waals surface area contributed by atoms with E-state index >= 15 is 0 Å². The largest absolute Gasteiger partial charge is 0.462 e. The summed E-state index contributed by atoms with van der Waals surface area (Å²) >= 11 is 0. The number of fused-ring (bicyclic) bond motifs is 1. The van der Waals surface area contributed by atoms with Crippen LogP contribution in [0, 0.1) is 13.8 Å². The first-order valence-corrected chi connectivity index (χ1v) is 10.5. The summed E-state index contributed by atoms with van der Waals surface area (Å²) in [6, 6.07) is 7.61. The quantitative estimate of drug-likeness (QED) is 0.587. The Morgan fingerprint density at radius 1 is 1.25 bits per heavy atom. The van der Waals surface area contributed by atoms with Crippen LogP contribution in [0.4, 0.5) is 0 Å². The zero-order valence-corrected chi connectivity index (χ0v) is 17.2. The normalized spacial score (nSPS) is 11.9. The number of hydrogen-bond donors (Lipinski definition) is 2. The van der Waals surface area contributed by atoms with Gasteiger partial charge in [-0.1, -0.05) is 12.1 Å². The highest BCUT2D eigenvalue weighted by molar-refractivity contribution is 7.89. The molecule has 0 aliphatic carbocycles. The molecular formula is C19H24N4O4S. The van der Waals surface area contributed by atoms with Crippen LogP contribution in [0.1, 0.15) is 34.5 Å². The first kappa shape index (κ1) is 20.1. The van der Waals surface area contributed by atoms with Crippen molar-refractivity contribution in [3.05, 3.63) is 47.0 Å². The van der Waals surface area contributed by atoms with E-state index in [4.69, 9.17) is 4.74 Å². The number of aromatic amines is 1. The average molecular weight is 404 g/mol. The number of sulfonamides is 1. The third kappa shape index (κ3) is 3.67. The molecule has 28 heavy (non-hydrogen) atoms. The van der Waals surface area contributed by atoms with E-state index in [1.807, 2.05) is 24.3 Å². The average Bonchev–Trinajstić information content (AvgIpc) is 3.16. The van der Waals surface area contributed by atoms with Crippen LogP contribution in [0.3, 0.4) is 0 Å². The van der Waals surface area contributed by atoms with Gasteiger partial charge in [-0.25, -0.2) is 22.9 Å². The summed E-state index contributed by atoms with van der Waals surface area (Å²) in [6.07, 6.45) is 0.396. The van der Waals surface area contributed by atoms with Crippen molar-refractivity contribution in [2.75, 3.05) is 13.2 Å². The summed E-state index contributed by atoms with van der Waals surface area (Å²) in [4.78, 5) is 19.9. The Balaban J connectivity index is 1.82. The smallest absolute Gasteiger partial charge is 0.341 e. The highest BCUT2D eigenvalue weighted by Crippen LogP contribution is 2.26. The fourth-order valence-electron chi connectivity index (χ4n) is 3.19. The van der Waals surface area contributed by atoms with Crippen LogP contribution < -0.4 is 4.72 Å². The number of nitrogens with one attached hydrogen (secondary N) is 2. The summed E-state index contributed by atoms with van der Waals surface area (Å²) in [5.74, 6) is 0.0526. The minimum atomic E-state index is -3.90. The molecule has 0 atom stereocenters. The molecular weight excluding hydrogens is 380 g/mol. The van der Waals surface area contributed by atoms with Crippen molar-refractivity contribution >= 4 is 27.0 Å². The van der Waals surface area contributed by atoms with Gasteiger partial charge in [0.05, 0.1) is 17.6 Å². The Morgan fingerprint density at radius 2 is 1.96 bits per heavy atom. The van der Waals surface area contributed by atoms with E-state index in [9.17, 15) is 13.2 Å². The molecule has 0 saturated heterocycles. The van der Waals surface area contributed by atoms with Gasteiger partial charge in [-0.3, -0.25) is 0 Å². The molecule has 9 heteroatoms. The van der Waals surface area contributed by atoms with E-state index in [1.165, 1.54) is 0 Å². The van der Waals surface area contributed by atoms with Crippen molar-refractivity contribution in [3.63, 3.8) is 0 Å². The lowest BCUT2D eigenvalue weighted by Gasteiger charge is -2.09. The Bertz CT molecular complexity index is 1100. The number of esters is 1. The van der Waals surface area contributed by atoms with Crippen molar-refractivity contribution in [1.29, 1.82) is 0 Å². The van der Waals surface area contributed by atoms with Crippen LogP contribution in [0.5, 0.6) is 0 Å². The number of ether oxygens (including phenoxy) is 1. The minimum absolute atomic E-state index is 0.0319. The standard InChI is InChI=1S/C19H24N4O4S/c1-5-27-19(24)17-12(2)23(4)13(3)18(17)28(25,26)20-11-10-16-21-14-8-6-7-9-15(14)22-16/h6-9,20H,5,10-11H2,1-4H3,(H,21,22). The van der Waals surface area contributed by atoms with Gasteiger partial charge in [-0.15, -0.1) is 0 Å². The molecule has 3 aromatic rings. The molecule has 0 aliphatic rings. The van der Waals surface area contributed by atoms with Crippen molar-refractivity contribution in [1.82, 2.24) is 19.3 Å². The van der Waals surface area contributed by atoms with Crippen LogP contribution in [0.25, 0.3) is 11.0 Å². The maximum absolute atomic E-state index is 12.9. The Labute approximate surface area is 164 Å². The topological polar surface area (TPSA) is 106 Å². The van der Waals surface area contributed by atoms with E-state index in [0.717, 1.165) is 11.0 Å². The van der Waals surface area contributed by atoms with Crippen molar-refractivity contribution in [2.45, 2.75) is 32.1 Å². The Kier molecular flexibility index (Phi) is 5.57. The van der Waals surface area contributed by atoms with Gasteiger partial charge < -0.3 is 14.3 Å². The molecule has 2 heterocycles. The summed E-state index contributed by atoms with van der Waals surface area (Å²) in [5, 5.41) is 0. The second-order valence-corrected chi connectivity index (χ2v) is 8.21. The lowest BCUT2D eigenvalue weighted by Crippen LogP contribution is -2.28. The van der Waals surface area contributed by atoms with Crippen LogP contribution in [0.15, 0.2) is 29.2 Å². The zero-order chi connectivity index (χ0) is 20.5. The monoisotopic (exact) mass is 404 g/mol. The minimum Gasteiger partial charge on any atom is -0.462 e. The first-order chi connectivity index (χ1) is 13.3. The maximum Gasteiger partial charge on any atom is 0.341 e. The summed E-state index contributed by atoms with van der Waals surface area (Å²) < 4.78 is 35.2. The number of benzene rings is 1. The second-order valence-electron chi connectivity index (χ2n) is 6.50. The number of carbonyl (C=O) groups is 1. The first-order valence-electron chi connectivity index (χ1n) is 9.02. The second kappa shape index (κ2) is 7.76. The van der Waals surface area contributed by atoms with Crippen molar-refractivity contribution < 1.29 is 17.9 Å². The molecule has 3 rings (SSSR count). The third-order valence-corrected chi connectivity index (χ3v) is 6.39. The molecule has 2 aromatic heterocycles. The predicted molar refractivity (Wildman–Crippen MR) is 106 cm³/mol. The van der Waals surface area contributed by atoms with Gasteiger partial charge in [-0.05, 0) is 32.9 Å². The number of aromatic nitrogens is 3. The van der Waals surface area contributed by atoms with Gasteiger partial charge in [0.25, 0.3) is 0 Å². The van der Waals surface area contributed by atoms with Crippen molar-refractivity contribution in [3.8, 4) is 0 Å². The number of rotatable bonds is 7. The number of imidazole rings is 1. The van der Waals surface area contributed by atoms with Gasteiger partial charge in [0.15, 0.2) is 0 Å². The number of para-hydroxylation sites is 2. The summed E-state index contributed by atoms with van der Waals surface area (Å²) in [5.41, 5.74) is 2.85. The fraction of sp³-hybridized carbons (Fsp3) is 0.368. The van der Waals surface area contributed by atoms with E-state index < -0.39 is 16.0 Å². The maximum atomic E-state index is 12.9. The molecule has 0 saturated carbocycles. The number of carbonyl (C=O) groups excluding carboxylic acids is 1. The highest BCUT2D eigenvalue weighted by Gasteiger charge is 2.31. The van der Waals surface area contributed by atoms with Crippen LogP contribution in [0.2, 0.25) is 0 Å². The van der Waals surface area contributed by atoms with E-state index in [1.54, 1.807) is 32.4 Å². The van der Waals surface area contributed by atoms with Crippen molar-refractivity contribution in [2.24, 2.45) is 7.05 Å². The zero-order valence-electron chi connectivity index (χ0n) is 16.4. The molecule has 0 fully saturated rings. The van der Waals surface area contributed by atoms with E-state index in [0.29, 0.717) is 23.6 Å². The lowest BCUT2D eigenvalue weighted by molar-refractivity contribution is 0.0521. The molecule has 0 radical (unpaired) electrons. The number of hydrogen-bond acceptors (Lipinski definition) is 5. The highest BCUT2D eigenvalue weighted by atomic mass is 32.2. The molecule has 0 amide bonds. The molecule has 1 aromatic carbocycles. The molecule has 150 valence electrons. The molecule has 8 nitrogen and oxygen atoms in total. The van der Waals surface area contributed by atoms with Crippen LogP contribution >= 0.6 is 0 Å². The van der Waals surface area contributed by atoms with E-state index in [2.05, 4.69) is 14.7 Å². The van der Waals surface area contributed by atoms with Crippen LogP contribution in [-0.4, -0.2) is 42.1 Å².